The van der Waals surface area contributed by atoms with E-state index in [4.69, 9.17) is 33.9 Å². The number of imidazole rings is 1. The molecule has 174 valence electrons. The van der Waals surface area contributed by atoms with Gasteiger partial charge in [-0.15, -0.1) is 0 Å². The molecule has 0 bridgehead atoms. The second kappa shape index (κ2) is 8.31. The number of benzene rings is 2. The van der Waals surface area contributed by atoms with Crippen molar-refractivity contribution >= 4 is 40.6 Å². The molecule has 3 aromatic rings. The number of hydrogen-bond donors (Lipinski definition) is 2. The smallest absolute Gasteiger partial charge is 0.242 e. The van der Waals surface area contributed by atoms with Crippen molar-refractivity contribution in [1.29, 1.82) is 0 Å². The molecule has 1 aliphatic heterocycles. The Labute approximate surface area is 202 Å². The van der Waals surface area contributed by atoms with Crippen LogP contribution < -0.4 is 11.1 Å². The second-order valence-electron chi connectivity index (χ2n) is 9.28. The van der Waals surface area contributed by atoms with Crippen LogP contribution in [0.2, 0.25) is 10.0 Å². The van der Waals surface area contributed by atoms with Gasteiger partial charge in [-0.1, -0.05) is 23.2 Å². The summed E-state index contributed by atoms with van der Waals surface area (Å²) < 4.78 is 15.7. The minimum Gasteiger partial charge on any atom is -0.340 e. The van der Waals surface area contributed by atoms with Crippen LogP contribution in [0.5, 0.6) is 0 Å². The number of aromatic nitrogens is 2. The summed E-state index contributed by atoms with van der Waals surface area (Å²) in [5.74, 6) is 0.948. The molecule has 2 heterocycles. The summed E-state index contributed by atoms with van der Waals surface area (Å²) in [6.07, 6.45) is 0. The maximum Gasteiger partial charge on any atom is 0.242 e. The van der Waals surface area contributed by atoms with E-state index in [-0.39, 0.29) is 11.7 Å². The molecule has 0 spiro atoms. The molecular formula is C24H26Cl2FN5O. The van der Waals surface area contributed by atoms with Crippen molar-refractivity contribution in [2.24, 2.45) is 5.73 Å². The van der Waals surface area contributed by atoms with Gasteiger partial charge in [0.05, 0.1) is 21.1 Å². The van der Waals surface area contributed by atoms with Gasteiger partial charge in [0.25, 0.3) is 0 Å². The van der Waals surface area contributed by atoms with Gasteiger partial charge in [-0.05, 0) is 70.2 Å². The predicted molar refractivity (Wildman–Crippen MR) is 130 cm³/mol. The molecule has 0 unspecified atom stereocenters. The van der Waals surface area contributed by atoms with Crippen LogP contribution in [0.4, 0.5) is 15.9 Å². The highest BCUT2D eigenvalue weighted by molar-refractivity contribution is 6.42. The van der Waals surface area contributed by atoms with E-state index < -0.39 is 11.1 Å². The fourth-order valence-corrected chi connectivity index (χ4v) is 4.39. The van der Waals surface area contributed by atoms with Gasteiger partial charge >= 0.3 is 0 Å². The zero-order valence-electron chi connectivity index (χ0n) is 18.9. The number of nitrogens with one attached hydrogen (secondary N) is 1. The number of carbonyl (C=O) groups excluding carboxylic acids is 1. The largest absolute Gasteiger partial charge is 0.340 e. The Morgan fingerprint density at radius 1 is 1.12 bits per heavy atom. The van der Waals surface area contributed by atoms with Crippen LogP contribution in [0, 0.1) is 5.82 Å². The second-order valence-corrected chi connectivity index (χ2v) is 10.1. The number of anilines is 2. The van der Waals surface area contributed by atoms with Gasteiger partial charge in [-0.2, -0.15) is 0 Å². The molecule has 4 rings (SSSR count). The quantitative estimate of drug-likeness (QED) is 0.503. The normalized spacial score (nSPS) is 15.3. The molecule has 0 radical (unpaired) electrons. The predicted octanol–water partition coefficient (Wildman–Crippen LogP) is 5.55. The SMILES string of the molecule is CC(C)(N)C(=O)N1CCn2c(nc(-c3ccc(F)cc3)c2Nc2ccc(Cl)c(Cl)c2)C1(C)C. The van der Waals surface area contributed by atoms with E-state index in [0.717, 1.165) is 17.1 Å². The van der Waals surface area contributed by atoms with Crippen molar-refractivity contribution in [2.75, 3.05) is 11.9 Å². The molecule has 3 N–H and O–H groups in total. The van der Waals surface area contributed by atoms with Crippen LogP contribution >= 0.6 is 23.2 Å². The van der Waals surface area contributed by atoms with Crippen molar-refractivity contribution < 1.29 is 9.18 Å². The lowest BCUT2D eigenvalue weighted by Gasteiger charge is -2.44. The van der Waals surface area contributed by atoms with Gasteiger partial charge in [0.1, 0.15) is 23.2 Å². The van der Waals surface area contributed by atoms with Gasteiger partial charge in [0.15, 0.2) is 0 Å². The van der Waals surface area contributed by atoms with Crippen LogP contribution in [-0.2, 0) is 16.9 Å². The van der Waals surface area contributed by atoms with Crippen molar-refractivity contribution in [3.8, 4) is 11.3 Å². The lowest BCUT2D eigenvalue weighted by Crippen LogP contribution is -2.60. The van der Waals surface area contributed by atoms with Crippen LogP contribution in [0.15, 0.2) is 42.5 Å². The average molecular weight is 490 g/mol. The third-order valence-corrected chi connectivity index (χ3v) is 6.57. The first-order valence-electron chi connectivity index (χ1n) is 10.6. The van der Waals surface area contributed by atoms with Crippen molar-refractivity contribution in [3.63, 3.8) is 0 Å². The number of carbonyl (C=O) groups is 1. The molecule has 1 aromatic heterocycles. The molecular weight excluding hydrogens is 464 g/mol. The summed E-state index contributed by atoms with van der Waals surface area (Å²) in [6, 6.07) is 11.4. The third kappa shape index (κ3) is 4.33. The van der Waals surface area contributed by atoms with Gasteiger partial charge in [0, 0.05) is 24.3 Å². The van der Waals surface area contributed by atoms with Gasteiger partial charge in [-0.3, -0.25) is 4.79 Å². The molecule has 0 saturated heterocycles. The number of amides is 1. The number of hydrogen-bond acceptors (Lipinski definition) is 4. The number of fused-ring (bicyclic) bond motifs is 1. The Morgan fingerprint density at radius 2 is 1.79 bits per heavy atom. The van der Waals surface area contributed by atoms with Crippen molar-refractivity contribution in [3.05, 3.63) is 64.2 Å². The van der Waals surface area contributed by atoms with E-state index >= 15 is 0 Å². The Hall–Kier alpha value is -2.61. The summed E-state index contributed by atoms with van der Waals surface area (Å²) in [4.78, 5) is 19.8. The lowest BCUT2D eigenvalue weighted by atomic mass is 9.94. The summed E-state index contributed by atoms with van der Waals surface area (Å²) in [5.41, 5.74) is 6.52. The monoisotopic (exact) mass is 489 g/mol. The van der Waals surface area contributed by atoms with E-state index in [1.165, 1.54) is 12.1 Å². The Balaban J connectivity index is 1.86. The first-order chi connectivity index (χ1) is 15.4. The van der Waals surface area contributed by atoms with E-state index in [1.807, 2.05) is 19.9 Å². The van der Waals surface area contributed by atoms with Crippen molar-refractivity contribution in [1.82, 2.24) is 14.5 Å². The van der Waals surface area contributed by atoms with Crippen LogP contribution in [0.1, 0.15) is 33.5 Å². The molecule has 1 aliphatic rings. The average Bonchev–Trinajstić information content (AvgIpc) is 3.10. The van der Waals surface area contributed by atoms with Gasteiger partial charge < -0.3 is 20.5 Å². The highest BCUT2D eigenvalue weighted by Gasteiger charge is 2.44. The topological polar surface area (TPSA) is 76.2 Å². The standard InChI is InChI=1S/C24H26Cl2FN5O/c1-23(2,28)22(33)32-12-11-31-20(29-16-9-10-17(25)18(26)13-16)19(30-21(31)24(32,3)4)14-5-7-15(27)8-6-14/h5-10,13,29H,11-12,28H2,1-4H3. The Bertz CT molecular complexity index is 1210. The molecule has 0 saturated carbocycles. The fourth-order valence-electron chi connectivity index (χ4n) is 4.09. The number of rotatable bonds is 4. The van der Waals surface area contributed by atoms with Gasteiger partial charge in [-0.25, -0.2) is 9.37 Å². The molecule has 0 fully saturated rings. The third-order valence-electron chi connectivity index (χ3n) is 5.83. The number of nitrogens with zero attached hydrogens (tertiary/aromatic N) is 3. The van der Waals surface area contributed by atoms with E-state index in [0.29, 0.717) is 34.7 Å². The van der Waals surface area contributed by atoms with Gasteiger partial charge in [0.2, 0.25) is 5.91 Å². The highest BCUT2D eigenvalue weighted by Crippen LogP contribution is 2.40. The minimum absolute atomic E-state index is 0.149. The summed E-state index contributed by atoms with van der Waals surface area (Å²) in [6.45, 7) is 8.28. The molecule has 9 heteroatoms. The Morgan fingerprint density at radius 3 is 2.39 bits per heavy atom. The van der Waals surface area contributed by atoms with E-state index in [2.05, 4.69) is 9.88 Å². The van der Waals surface area contributed by atoms with E-state index in [9.17, 15) is 9.18 Å². The zero-order valence-corrected chi connectivity index (χ0v) is 20.4. The molecule has 33 heavy (non-hydrogen) atoms. The summed E-state index contributed by atoms with van der Waals surface area (Å²) >= 11 is 12.3. The van der Waals surface area contributed by atoms with Crippen LogP contribution in [-0.4, -0.2) is 32.4 Å². The summed E-state index contributed by atoms with van der Waals surface area (Å²) in [5, 5.41) is 4.29. The molecule has 2 aromatic carbocycles. The maximum absolute atomic E-state index is 13.6. The zero-order chi connectivity index (χ0) is 24.1. The summed E-state index contributed by atoms with van der Waals surface area (Å²) in [7, 11) is 0. The van der Waals surface area contributed by atoms with Crippen LogP contribution in [0.25, 0.3) is 11.3 Å². The molecule has 0 atom stereocenters. The van der Waals surface area contributed by atoms with Crippen molar-refractivity contribution in [2.45, 2.75) is 45.3 Å². The maximum atomic E-state index is 13.6. The number of nitrogens with two attached hydrogens (primary N) is 1. The minimum atomic E-state index is -1.01. The molecule has 0 aliphatic carbocycles. The van der Waals surface area contributed by atoms with Crippen LogP contribution in [0.3, 0.4) is 0 Å². The first-order valence-corrected chi connectivity index (χ1v) is 11.3. The first kappa shape index (κ1) is 23.5. The molecule has 6 nitrogen and oxygen atoms in total. The molecule has 1 amide bonds. The Kier molecular flexibility index (Phi) is 5.93. The lowest BCUT2D eigenvalue weighted by molar-refractivity contribution is -0.143. The fraction of sp³-hybridized carbons (Fsp3) is 0.333. The highest BCUT2D eigenvalue weighted by atomic mass is 35.5. The van der Waals surface area contributed by atoms with E-state index in [1.54, 1.807) is 43.0 Å². The number of halogens is 3.